The molecule has 1 aromatic carbocycles. The van der Waals surface area contributed by atoms with Gasteiger partial charge in [-0.15, -0.1) is 0 Å². The minimum absolute atomic E-state index is 0.0243. The first-order valence-electron chi connectivity index (χ1n) is 6.07. The number of benzene rings is 1. The minimum Gasteiger partial charge on any atom is -0.494 e. The monoisotopic (exact) mass is 302 g/mol. The summed E-state index contributed by atoms with van der Waals surface area (Å²) in [6.07, 6.45) is 0. The molecule has 1 fully saturated rings. The van der Waals surface area contributed by atoms with Gasteiger partial charge in [0.2, 0.25) is 5.91 Å². The molecule has 0 aliphatic carbocycles. The molecule has 1 unspecified atom stereocenters. The van der Waals surface area contributed by atoms with Crippen LogP contribution < -0.4 is 15.4 Å². The lowest BCUT2D eigenvalue weighted by molar-refractivity contribution is -0.121. The summed E-state index contributed by atoms with van der Waals surface area (Å²) in [5.74, 6) is 0.742. The molecule has 1 amide bonds. The summed E-state index contributed by atoms with van der Waals surface area (Å²) in [7, 11) is 1.50. The van der Waals surface area contributed by atoms with E-state index in [0.717, 1.165) is 13.1 Å². The molecule has 1 atom stereocenters. The molecule has 0 saturated carbocycles. The van der Waals surface area contributed by atoms with Crippen LogP contribution in [0.25, 0.3) is 0 Å². The van der Waals surface area contributed by atoms with Crippen LogP contribution in [0.4, 0.5) is 5.69 Å². The summed E-state index contributed by atoms with van der Waals surface area (Å²) in [4.78, 5) is 12.1. The molecule has 0 aromatic heterocycles. The van der Waals surface area contributed by atoms with Crippen LogP contribution in [-0.4, -0.2) is 26.1 Å². The Morgan fingerprint density at radius 2 is 2.00 bits per heavy atom. The van der Waals surface area contributed by atoms with E-state index in [4.69, 9.17) is 27.9 Å². The second-order valence-electron chi connectivity index (χ2n) is 4.67. The van der Waals surface area contributed by atoms with E-state index in [1.807, 2.05) is 6.92 Å². The second kappa shape index (κ2) is 5.99. The number of methoxy groups -OCH3 is 1. The fraction of sp³-hybridized carbons (Fsp3) is 0.462. The van der Waals surface area contributed by atoms with Crippen molar-refractivity contribution in [3.63, 3.8) is 0 Å². The zero-order valence-electron chi connectivity index (χ0n) is 10.8. The third kappa shape index (κ3) is 3.14. The number of halogens is 2. The summed E-state index contributed by atoms with van der Waals surface area (Å²) in [5.41, 5.74) is 0.583. The van der Waals surface area contributed by atoms with E-state index in [9.17, 15) is 4.79 Å². The Morgan fingerprint density at radius 3 is 2.42 bits per heavy atom. The van der Waals surface area contributed by atoms with Crippen LogP contribution in [0.1, 0.15) is 6.92 Å². The van der Waals surface area contributed by atoms with Crippen LogP contribution in [0.3, 0.4) is 0 Å². The Kier molecular flexibility index (Phi) is 4.55. The molecule has 0 radical (unpaired) electrons. The summed E-state index contributed by atoms with van der Waals surface area (Å²) < 4.78 is 5.06. The summed E-state index contributed by atoms with van der Waals surface area (Å²) >= 11 is 12.1. The van der Waals surface area contributed by atoms with Crippen LogP contribution in [0.2, 0.25) is 10.0 Å². The number of ether oxygens (including phenoxy) is 1. The van der Waals surface area contributed by atoms with Crippen molar-refractivity contribution >= 4 is 34.8 Å². The molecule has 0 bridgehead atoms. The fourth-order valence-electron chi connectivity index (χ4n) is 1.96. The molecule has 19 heavy (non-hydrogen) atoms. The van der Waals surface area contributed by atoms with Crippen molar-refractivity contribution in [2.45, 2.75) is 6.92 Å². The van der Waals surface area contributed by atoms with Gasteiger partial charge in [-0.2, -0.15) is 0 Å². The molecule has 2 N–H and O–H groups in total. The van der Waals surface area contributed by atoms with E-state index in [1.165, 1.54) is 7.11 Å². The number of carbonyl (C=O) groups excluding carboxylic acids is 1. The van der Waals surface area contributed by atoms with Gasteiger partial charge in [-0.05, 0) is 31.1 Å². The number of hydrogen-bond acceptors (Lipinski definition) is 3. The Labute approximate surface area is 122 Å². The molecule has 1 aromatic rings. The van der Waals surface area contributed by atoms with E-state index < -0.39 is 0 Å². The van der Waals surface area contributed by atoms with Crippen molar-refractivity contribution in [1.82, 2.24) is 5.32 Å². The minimum atomic E-state index is -0.0408. The number of amides is 1. The van der Waals surface area contributed by atoms with Gasteiger partial charge in [0.1, 0.15) is 0 Å². The van der Waals surface area contributed by atoms with Gasteiger partial charge in [-0.1, -0.05) is 30.1 Å². The van der Waals surface area contributed by atoms with Crippen molar-refractivity contribution in [2.75, 3.05) is 25.5 Å². The molecule has 4 nitrogen and oxygen atoms in total. The number of anilines is 1. The SMILES string of the molecule is COc1c(Cl)cc(NC(=O)C(C)C2CNC2)cc1Cl. The number of nitrogens with one attached hydrogen (secondary N) is 2. The van der Waals surface area contributed by atoms with E-state index in [2.05, 4.69) is 10.6 Å². The summed E-state index contributed by atoms with van der Waals surface area (Å²) in [6.45, 7) is 3.70. The Bertz CT molecular complexity index is 467. The molecule has 1 aliphatic heterocycles. The fourth-order valence-corrected chi connectivity index (χ4v) is 2.60. The van der Waals surface area contributed by atoms with Gasteiger partial charge >= 0.3 is 0 Å². The predicted octanol–water partition coefficient (Wildman–Crippen LogP) is 2.80. The largest absolute Gasteiger partial charge is 0.494 e. The van der Waals surface area contributed by atoms with Crippen LogP contribution in [0.15, 0.2) is 12.1 Å². The highest BCUT2D eigenvalue weighted by Gasteiger charge is 2.28. The average molecular weight is 303 g/mol. The molecule has 1 aliphatic rings. The maximum Gasteiger partial charge on any atom is 0.227 e. The van der Waals surface area contributed by atoms with Gasteiger partial charge in [0, 0.05) is 11.6 Å². The first kappa shape index (κ1) is 14.4. The molecule has 0 spiro atoms. The smallest absolute Gasteiger partial charge is 0.227 e. The predicted molar refractivity (Wildman–Crippen MR) is 77.2 cm³/mol. The van der Waals surface area contributed by atoms with Crippen LogP contribution in [-0.2, 0) is 4.79 Å². The Balaban J connectivity index is 2.08. The molecular formula is C13H16Cl2N2O2. The van der Waals surface area contributed by atoms with Gasteiger partial charge < -0.3 is 15.4 Å². The van der Waals surface area contributed by atoms with Gasteiger partial charge in [0.05, 0.1) is 17.2 Å². The number of hydrogen-bond donors (Lipinski definition) is 2. The van der Waals surface area contributed by atoms with E-state index in [1.54, 1.807) is 12.1 Å². The molecular weight excluding hydrogens is 287 g/mol. The lowest BCUT2D eigenvalue weighted by atomic mass is 9.88. The van der Waals surface area contributed by atoms with Crippen molar-refractivity contribution in [3.05, 3.63) is 22.2 Å². The highest BCUT2D eigenvalue weighted by molar-refractivity contribution is 6.37. The molecule has 6 heteroatoms. The third-order valence-corrected chi connectivity index (χ3v) is 3.97. The van der Waals surface area contributed by atoms with Crippen LogP contribution in [0, 0.1) is 11.8 Å². The summed E-state index contributed by atoms with van der Waals surface area (Å²) in [5, 5.41) is 6.74. The van der Waals surface area contributed by atoms with Crippen LogP contribution >= 0.6 is 23.2 Å². The molecule has 2 rings (SSSR count). The standard InChI is InChI=1S/C13H16Cl2N2O2/c1-7(8-5-16-6-8)13(18)17-9-3-10(14)12(19-2)11(15)4-9/h3-4,7-8,16H,5-6H2,1-2H3,(H,17,18). The molecule has 1 heterocycles. The van der Waals surface area contributed by atoms with Gasteiger partial charge in [0.25, 0.3) is 0 Å². The molecule has 104 valence electrons. The normalized spacial score (nSPS) is 16.6. The van der Waals surface area contributed by atoms with E-state index in [0.29, 0.717) is 27.4 Å². The Hall–Kier alpha value is -0.970. The second-order valence-corrected chi connectivity index (χ2v) is 5.48. The van der Waals surface area contributed by atoms with Crippen molar-refractivity contribution in [3.8, 4) is 5.75 Å². The van der Waals surface area contributed by atoms with Crippen LogP contribution in [0.5, 0.6) is 5.75 Å². The average Bonchev–Trinajstić information content (AvgIpc) is 2.26. The topological polar surface area (TPSA) is 50.4 Å². The van der Waals surface area contributed by atoms with Gasteiger partial charge in [0.15, 0.2) is 5.75 Å². The molecule has 1 saturated heterocycles. The van der Waals surface area contributed by atoms with Gasteiger partial charge in [-0.25, -0.2) is 0 Å². The van der Waals surface area contributed by atoms with Gasteiger partial charge in [-0.3, -0.25) is 4.79 Å². The lowest BCUT2D eigenvalue weighted by Crippen LogP contribution is -2.48. The lowest BCUT2D eigenvalue weighted by Gasteiger charge is -2.31. The van der Waals surface area contributed by atoms with Crippen molar-refractivity contribution < 1.29 is 9.53 Å². The van der Waals surface area contributed by atoms with Crippen molar-refractivity contribution in [1.29, 1.82) is 0 Å². The zero-order valence-corrected chi connectivity index (χ0v) is 12.3. The number of rotatable bonds is 4. The maximum atomic E-state index is 12.1. The van der Waals surface area contributed by atoms with E-state index in [-0.39, 0.29) is 11.8 Å². The third-order valence-electron chi connectivity index (χ3n) is 3.40. The first-order chi connectivity index (χ1) is 9.02. The van der Waals surface area contributed by atoms with E-state index >= 15 is 0 Å². The highest BCUT2D eigenvalue weighted by Crippen LogP contribution is 2.35. The zero-order chi connectivity index (χ0) is 14.0. The maximum absolute atomic E-state index is 12.1. The number of carbonyl (C=O) groups is 1. The quantitative estimate of drug-likeness (QED) is 0.899. The van der Waals surface area contributed by atoms with Crippen molar-refractivity contribution in [2.24, 2.45) is 11.8 Å². The Morgan fingerprint density at radius 1 is 1.42 bits per heavy atom. The first-order valence-corrected chi connectivity index (χ1v) is 6.83. The highest BCUT2D eigenvalue weighted by atomic mass is 35.5. The summed E-state index contributed by atoms with van der Waals surface area (Å²) in [6, 6.07) is 3.27.